The first-order valence-corrected chi connectivity index (χ1v) is 7.29. The highest BCUT2D eigenvalue weighted by Crippen LogP contribution is 2.20. The van der Waals surface area contributed by atoms with Gasteiger partial charge in [-0.2, -0.15) is 0 Å². The van der Waals surface area contributed by atoms with Gasteiger partial charge >= 0.3 is 0 Å². The van der Waals surface area contributed by atoms with Gasteiger partial charge in [-0.1, -0.05) is 12.1 Å². The number of aromatic amines is 1. The average molecular weight is 284 g/mol. The predicted octanol–water partition coefficient (Wildman–Crippen LogP) is 1.79. The number of carbonyl (C=O) groups excluding carboxylic acids is 1. The van der Waals surface area contributed by atoms with Crippen molar-refractivity contribution in [1.29, 1.82) is 0 Å². The van der Waals surface area contributed by atoms with E-state index in [9.17, 15) is 4.79 Å². The summed E-state index contributed by atoms with van der Waals surface area (Å²) in [5.74, 6) is 0.881. The summed E-state index contributed by atoms with van der Waals surface area (Å²) < 4.78 is 0. The first-order chi connectivity index (χ1) is 10.2. The van der Waals surface area contributed by atoms with E-state index in [2.05, 4.69) is 15.3 Å². The monoisotopic (exact) mass is 284 g/mol. The largest absolute Gasteiger partial charge is 0.338 e. The lowest BCUT2D eigenvalue weighted by atomic mass is 10.1. The van der Waals surface area contributed by atoms with Crippen LogP contribution in [0, 0.1) is 0 Å². The van der Waals surface area contributed by atoms with E-state index < -0.39 is 0 Å². The number of hydrogen-bond acceptors (Lipinski definition) is 3. The standard InChI is InChI=1S/C16H20N4O/c1-11(12(2)16(21)20-9-7-17-8-10-20)15-18-13-5-3-4-6-14(13)19-15/h3-6,17H,7-10H2,1-2H3,(H,18,19)/b12-11+. The fourth-order valence-corrected chi connectivity index (χ4v) is 2.57. The van der Waals surface area contributed by atoms with Crippen molar-refractivity contribution in [1.82, 2.24) is 20.2 Å². The van der Waals surface area contributed by atoms with E-state index in [0.29, 0.717) is 0 Å². The summed E-state index contributed by atoms with van der Waals surface area (Å²) >= 11 is 0. The van der Waals surface area contributed by atoms with Crippen LogP contribution in [-0.4, -0.2) is 47.0 Å². The van der Waals surface area contributed by atoms with E-state index >= 15 is 0 Å². The van der Waals surface area contributed by atoms with E-state index in [4.69, 9.17) is 0 Å². The van der Waals surface area contributed by atoms with Crippen molar-refractivity contribution in [3.63, 3.8) is 0 Å². The van der Waals surface area contributed by atoms with Crippen molar-refractivity contribution in [2.75, 3.05) is 26.2 Å². The first kappa shape index (κ1) is 13.8. The molecule has 2 heterocycles. The number of nitrogens with one attached hydrogen (secondary N) is 2. The van der Waals surface area contributed by atoms with Crippen molar-refractivity contribution < 1.29 is 4.79 Å². The highest BCUT2D eigenvalue weighted by atomic mass is 16.2. The van der Waals surface area contributed by atoms with Crippen LogP contribution in [0.3, 0.4) is 0 Å². The van der Waals surface area contributed by atoms with Gasteiger partial charge in [0.25, 0.3) is 0 Å². The lowest BCUT2D eigenvalue weighted by Gasteiger charge is -2.28. The molecule has 3 rings (SSSR count). The number of H-pyrrole nitrogens is 1. The van der Waals surface area contributed by atoms with E-state index in [1.807, 2.05) is 43.0 Å². The van der Waals surface area contributed by atoms with Gasteiger partial charge in [0.05, 0.1) is 11.0 Å². The topological polar surface area (TPSA) is 61.0 Å². The maximum absolute atomic E-state index is 12.5. The number of amides is 1. The summed E-state index contributed by atoms with van der Waals surface area (Å²) in [5, 5.41) is 3.26. The number of hydrogen-bond donors (Lipinski definition) is 2. The Morgan fingerprint density at radius 3 is 2.62 bits per heavy atom. The second-order valence-corrected chi connectivity index (χ2v) is 5.39. The van der Waals surface area contributed by atoms with Gasteiger partial charge in [-0.25, -0.2) is 4.98 Å². The molecule has 1 fully saturated rings. The maximum Gasteiger partial charge on any atom is 0.249 e. The fraction of sp³-hybridized carbons (Fsp3) is 0.375. The van der Waals surface area contributed by atoms with Gasteiger partial charge in [0.2, 0.25) is 5.91 Å². The maximum atomic E-state index is 12.5. The van der Waals surface area contributed by atoms with E-state index in [0.717, 1.165) is 54.2 Å². The molecule has 2 aromatic rings. The van der Waals surface area contributed by atoms with Gasteiger partial charge < -0.3 is 15.2 Å². The number of allylic oxidation sites excluding steroid dienone is 1. The Hall–Kier alpha value is -2.14. The number of para-hydroxylation sites is 2. The molecule has 1 aliphatic heterocycles. The summed E-state index contributed by atoms with van der Waals surface area (Å²) in [6.45, 7) is 7.10. The zero-order chi connectivity index (χ0) is 14.8. The Morgan fingerprint density at radius 1 is 1.19 bits per heavy atom. The Balaban J connectivity index is 1.90. The SMILES string of the molecule is C/C(C(=O)N1CCNCC1)=C(/C)c1nc2ccccc2[nH]1. The summed E-state index contributed by atoms with van der Waals surface area (Å²) in [4.78, 5) is 22.3. The molecule has 5 heteroatoms. The van der Waals surface area contributed by atoms with Crippen LogP contribution in [0.1, 0.15) is 19.7 Å². The molecule has 2 N–H and O–H groups in total. The summed E-state index contributed by atoms with van der Waals surface area (Å²) in [5.41, 5.74) is 3.59. The van der Waals surface area contributed by atoms with Crippen LogP contribution in [0.4, 0.5) is 0 Å². The molecule has 5 nitrogen and oxygen atoms in total. The van der Waals surface area contributed by atoms with Gasteiger partial charge in [0.15, 0.2) is 0 Å². The molecular formula is C16H20N4O. The smallest absolute Gasteiger partial charge is 0.249 e. The third kappa shape index (κ3) is 2.69. The Labute approximate surface area is 124 Å². The fourth-order valence-electron chi connectivity index (χ4n) is 2.57. The van der Waals surface area contributed by atoms with Gasteiger partial charge in [-0.15, -0.1) is 0 Å². The number of imidazole rings is 1. The zero-order valence-corrected chi connectivity index (χ0v) is 12.4. The van der Waals surface area contributed by atoms with Crippen molar-refractivity contribution in [2.24, 2.45) is 0 Å². The van der Waals surface area contributed by atoms with E-state index in [1.54, 1.807) is 0 Å². The molecule has 0 bridgehead atoms. The molecule has 0 aliphatic carbocycles. The summed E-state index contributed by atoms with van der Waals surface area (Å²) in [6.07, 6.45) is 0. The third-order valence-corrected chi connectivity index (χ3v) is 4.03. The molecule has 0 saturated carbocycles. The number of piperazine rings is 1. The minimum absolute atomic E-state index is 0.106. The molecule has 110 valence electrons. The molecule has 0 unspecified atom stereocenters. The van der Waals surface area contributed by atoms with Gasteiger partial charge in [0, 0.05) is 37.3 Å². The molecule has 1 saturated heterocycles. The summed E-state index contributed by atoms with van der Waals surface area (Å²) in [6, 6.07) is 7.90. The van der Waals surface area contributed by atoms with Crippen molar-refractivity contribution in [2.45, 2.75) is 13.8 Å². The van der Waals surface area contributed by atoms with Crippen LogP contribution in [0.25, 0.3) is 16.6 Å². The average Bonchev–Trinajstić information content (AvgIpc) is 2.97. The van der Waals surface area contributed by atoms with E-state index in [-0.39, 0.29) is 5.91 Å². The molecule has 1 aromatic heterocycles. The summed E-state index contributed by atoms with van der Waals surface area (Å²) in [7, 11) is 0. The lowest BCUT2D eigenvalue weighted by molar-refractivity contribution is -0.127. The zero-order valence-electron chi connectivity index (χ0n) is 12.4. The molecular weight excluding hydrogens is 264 g/mol. The predicted molar refractivity (Wildman–Crippen MR) is 83.8 cm³/mol. The second kappa shape index (κ2) is 5.69. The van der Waals surface area contributed by atoms with Gasteiger partial charge in [-0.3, -0.25) is 4.79 Å². The number of benzene rings is 1. The van der Waals surface area contributed by atoms with Crippen LogP contribution < -0.4 is 5.32 Å². The van der Waals surface area contributed by atoms with E-state index in [1.165, 1.54) is 0 Å². The number of carbonyl (C=O) groups is 1. The van der Waals surface area contributed by atoms with Gasteiger partial charge in [-0.05, 0) is 26.0 Å². The van der Waals surface area contributed by atoms with Crippen LogP contribution >= 0.6 is 0 Å². The second-order valence-electron chi connectivity index (χ2n) is 5.39. The molecule has 0 radical (unpaired) electrons. The third-order valence-electron chi connectivity index (χ3n) is 4.03. The quantitative estimate of drug-likeness (QED) is 0.827. The van der Waals surface area contributed by atoms with Crippen LogP contribution in [0.2, 0.25) is 0 Å². The first-order valence-electron chi connectivity index (χ1n) is 7.29. The normalized spacial score (nSPS) is 17.0. The Kier molecular flexibility index (Phi) is 3.75. The van der Waals surface area contributed by atoms with Crippen LogP contribution in [-0.2, 0) is 4.79 Å². The number of aromatic nitrogens is 2. The minimum Gasteiger partial charge on any atom is -0.338 e. The highest BCUT2D eigenvalue weighted by Gasteiger charge is 2.20. The van der Waals surface area contributed by atoms with Crippen LogP contribution in [0.15, 0.2) is 29.8 Å². The number of nitrogens with zero attached hydrogens (tertiary/aromatic N) is 2. The molecule has 0 atom stereocenters. The van der Waals surface area contributed by atoms with Crippen molar-refractivity contribution in [3.05, 3.63) is 35.7 Å². The van der Waals surface area contributed by atoms with Crippen molar-refractivity contribution in [3.8, 4) is 0 Å². The molecule has 21 heavy (non-hydrogen) atoms. The van der Waals surface area contributed by atoms with Crippen molar-refractivity contribution >= 4 is 22.5 Å². The van der Waals surface area contributed by atoms with Crippen LogP contribution in [0.5, 0.6) is 0 Å². The lowest BCUT2D eigenvalue weighted by Crippen LogP contribution is -2.46. The Morgan fingerprint density at radius 2 is 1.90 bits per heavy atom. The Bertz CT molecular complexity index is 662. The molecule has 1 aromatic carbocycles. The molecule has 1 amide bonds. The molecule has 0 spiro atoms. The number of fused-ring (bicyclic) bond motifs is 1. The van der Waals surface area contributed by atoms with Gasteiger partial charge in [0.1, 0.15) is 5.82 Å². The molecule has 1 aliphatic rings. The number of rotatable bonds is 2. The minimum atomic E-state index is 0.106. The highest BCUT2D eigenvalue weighted by molar-refractivity contribution is 6.00.